The molecule has 6 heteroatoms. The molecule has 4 rings (SSSR count). The van der Waals surface area contributed by atoms with Gasteiger partial charge in [0.1, 0.15) is 12.1 Å². The van der Waals surface area contributed by atoms with Crippen molar-refractivity contribution in [2.75, 3.05) is 61.9 Å². The number of piperazine rings is 1. The molecule has 1 N–H and O–H groups in total. The van der Waals surface area contributed by atoms with Crippen molar-refractivity contribution in [1.29, 1.82) is 0 Å². The van der Waals surface area contributed by atoms with Crippen molar-refractivity contribution >= 4 is 28.9 Å². The molecule has 0 aromatic heterocycles. The van der Waals surface area contributed by atoms with E-state index in [0.717, 1.165) is 61.3 Å². The van der Waals surface area contributed by atoms with Crippen LogP contribution in [0.15, 0.2) is 42.5 Å². The lowest BCUT2D eigenvalue weighted by molar-refractivity contribution is -0.104. The van der Waals surface area contributed by atoms with Gasteiger partial charge in [-0.05, 0) is 54.7 Å². The third-order valence-corrected chi connectivity index (χ3v) is 6.92. The topological polar surface area (TPSA) is 38.8 Å². The molecule has 1 aliphatic carbocycles. The van der Waals surface area contributed by atoms with Gasteiger partial charge in [0.2, 0.25) is 0 Å². The Bertz CT molecular complexity index is 1010. The van der Waals surface area contributed by atoms with Crippen molar-refractivity contribution < 1.29 is 9.18 Å². The predicted octanol–water partition coefficient (Wildman–Crippen LogP) is 4.43. The fourth-order valence-corrected chi connectivity index (χ4v) is 4.78. The highest BCUT2D eigenvalue weighted by Gasteiger charge is 2.29. The zero-order chi connectivity index (χ0) is 23.4. The molecule has 0 spiro atoms. The smallest absolute Gasteiger partial charge is 0.146 e. The van der Waals surface area contributed by atoms with Gasteiger partial charge in [-0.15, -0.1) is 0 Å². The first-order chi connectivity index (χ1) is 16.0. The van der Waals surface area contributed by atoms with Crippen molar-refractivity contribution in [3.8, 4) is 0 Å². The number of anilines is 3. The Labute approximate surface area is 196 Å². The van der Waals surface area contributed by atoms with Crippen LogP contribution in [0.2, 0.25) is 0 Å². The number of aldehydes is 1. The lowest BCUT2D eigenvalue weighted by atomic mass is 10.0. The highest BCUT2D eigenvalue weighted by atomic mass is 19.1. The Hall–Kier alpha value is -2.86. The summed E-state index contributed by atoms with van der Waals surface area (Å²) in [5, 5.41) is 3.21. The molecule has 1 aliphatic heterocycles. The number of rotatable bonds is 9. The second-order valence-electron chi connectivity index (χ2n) is 9.01. The van der Waals surface area contributed by atoms with Crippen LogP contribution >= 0.6 is 0 Å². The Morgan fingerprint density at radius 2 is 1.91 bits per heavy atom. The summed E-state index contributed by atoms with van der Waals surface area (Å²) in [6, 6.07) is 12.4. The Kier molecular flexibility index (Phi) is 7.33. The van der Waals surface area contributed by atoms with Crippen LogP contribution in [0, 0.1) is 5.82 Å². The lowest BCUT2D eigenvalue weighted by Crippen LogP contribution is -2.47. The Morgan fingerprint density at radius 1 is 1.18 bits per heavy atom. The Morgan fingerprint density at radius 3 is 2.55 bits per heavy atom. The van der Waals surface area contributed by atoms with E-state index in [1.807, 2.05) is 31.3 Å². The molecule has 0 bridgehead atoms. The maximum Gasteiger partial charge on any atom is 0.146 e. The molecule has 1 heterocycles. The molecule has 2 aromatic rings. The maximum atomic E-state index is 15.1. The summed E-state index contributed by atoms with van der Waals surface area (Å²) in [5.41, 5.74) is 6.00. The molecule has 1 saturated carbocycles. The van der Waals surface area contributed by atoms with Gasteiger partial charge in [-0.1, -0.05) is 25.1 Å². The minimum absolute atomic E-state index is 0.127. The van der Waals surface area contributed by atoms with Crippen LogP contribution in [-0.2, 0) is 11.2 Å². The largest absolute Gasteiger partial charge is 0.388 e. The molecule has 0 radical (unpaired) electrons. The van der Waals surface area contributed by atoms with Crippen molar-refractivity contribution in [1.82, 2.24) is 4.90 Å². The standard InChI is InChI=1S/C27H35FN4O/c1-4-20-17-24(28)27(18-26(20)30(3)22-9-10-22)32-14-12-31(13-15-32)19-21(11-16-33)23-7-5-6-8-25(23)29-2/h5-8,11,16-18,22,29H,4,9-10,12-15,19H2,1-3H3/b21-11-. The van der Waals surface area contributed by atoms with Gasteiger partial charge in [-0.3, -0.25) is 9.69 Å². The summed E-state index contributed by atoms with van der Waals surface area (Å²) < 4.78 is 15.1. The summed E-state index contributed by atoms with van der Waals surface area (Å²) in [6.45, 7) is 5.95. The number of nitrogens with zero attached hydrogens (tertiary/aromatic N) is 3. The number of benzene rings is 2. The van der Waals surface area contributed by atoms with E-state index in [1.54, 1.807) is 12.1 Å². The molecule has 176 valence electrons. The number of hydrogen-bond donors (Lipinski definition) is 1. The number of aryl methyl sites for hydroxylation is 1. The van der Waals surface area contributed by atoms with Gasteiger partial charge in [0, 0.05) is 69.8 Å². The molecule has 2 aromatic carbocycles. The number of carbonyl (C=O) groups excluding carboxylic acids is 1. The van der Waals surface area contributed by atoms with Crippen molar-refractivity contribution in [3.63, 3.8) is 0 Å². The molecule has 5 nitrogen and oxygen atoms in total. The van der Waals surface area contributed by atoms with E-state index in [9.17, 15) is 4.79 Å². The predicted molar refractivity (Wildman–Crippen MR) is 136 cm³/mol. The summed E-state index contributed by atoms with van der Waals surface area (Å²) in [4.78, 5) is 18.2. The van der Waals surface area contributed by atoms with E-state index in [4.69, 9.17) is 0 Å². The molecule has 2 fully saturated rings. The number of halogens is 1. The molecular formula is C27H35FN4O. The third kappa shape index (κ3) is 5.22. The number of carbonyl (C=O) groups is 1. The van der Waals surface area contributed by atoms with Crippen LogP contribution in [0.1, 0.15) is 30.9 Å². The van der Waals surface area contributed by atoms with Crippen LogP contribution in [-0.4, -0.2) is 64.0 Å². The van der Waals surface area contributed by atoms with Crippen LogP contribution in [0.3, 0.4) is 0 Å². The maximum absolute atomic E-state index is 15.1. The fourth-order valence-electron chi connectivity index (χ4n) is 4.78. The van der Waals surface area contributed by atoms with E-state index < -0.39 is 0 Å². The molecule has 0 atom stereocenters. The van der Waals surface area contributed by atoms with Crippen LogP contribution in [0.25, 0.3) is 5.57 Å². The highest BCUT2D eigenvalue weighted by molar-refractivity contribution is 5.86. The van der Waals surface area contributed by atoms with E-state index in [0.29, 0.717) is 18.3 Å². The number of para-hydroxylation sites is 1. The molecule has 1 saturated heterocycles. The third-order valence-electron chi connectivity index (χ3n) is 6.92. The van der Waals surface area contributed by atoms with Gasteiger partial charge < -0.3 is 15.1 Å². The summed E-state index contributed by atoms with van der Waals surface area (Å²) in [6.07, 6.45) is 5.79. The molecule has 33 heavy (non-hydrogen) atoms. The van der Waals surface area contributed by atoms with Crippen LogP contribution < -0.4 is 15.1 Å². The quantitative estimate of drug-likeness (QED) is 0.452. The van der Waals surface area contributed by atoms with Crippen LogP contribution in [0.4, 0.5) is 21.5 Å². The van der Waals surface area contributed by atoms with Crippen LogP contribution in [0.5, 0.6) is 0 Å². The van der Waals surface area contributed by atoms with Crippen molar-refractivity contribution in [2.45, 2.75) is 32.2 Å². The van der Waals surface area contributed by atoms with E-state index in [2.05, 4.69) is 40.1 Å². The summed E-state index contributed by atoms with van der Waals surface area (Å²) in [5.74, 6) is -0.127. The van der Waals surface area contributed by atoms with E-state index in [1.165, 1.54) is 18.5 Å². The minimum atomic E-state index is -0.127. The average Bonchev–Trinajstić information content (AvgIpc) is 3.69. The van der Waals surface area contributed by atoms with Crippen molar-refractivity contribution in [2.24, 2.45) is 0 Å². The van der Waals surface area contributed by atoms with Gasteiger partial charge >= 0.3 is 0 Å². The first-order valence-electron chi connectivity index (χ1n) is 12.0. The zero-order valence-corrected chi connectivity index (χ0v) is 20.0. The average molecular weight is 451 g/mol. The first kappa shape index (κ1) is 23.3. The molecule has 0 amide bonds. The number of hydrogen-bond acceptors (Lipinski definition) is 5. The van der Waals surface area contributed by atoms with E-state index >= 15 is 4.39 Å². The second-order valence-corrected chi connectivity index (χ2v) is 9.01. The molecular weight excluding hydrogens is 415 g/mol. The van der Waals surface area contributed by atoms with E-state index in [-0.39, 0.29) is 5.82 Å². The van der Waals surface area contributed by atoms with Gasteiger partial charge in [0.15, 0.2) is 0 Å². The van der Waals surface area contributed by atoms with Gasteiger partial charge in [-0.25, -0.2) is 4.39 Å². The van der Waals surface area contributed by atoms with Gasteiger partial charge in [0.05, 0.1) is 5.69 Å². The first-order valence-corrected chi connectivity index (χ1v) is 12.0. The SMILES string of the molecule is CCc1cc(F)c(N2CCN(C/C(=C/C=O)c3ccccc3NC)CC2)cc1N(C)C1CC1. The normalized spacial score (nSPS) is 17.2. The summed E-state index contributed by atoms with van der Waals surface area (Å²) >= 11 is 0. The molecule has 2 aliphatic rings. The Balaban J connectivity index is 1.47. The molecule has 0 unspecified atom stereocenters. The van der Waals surface area contributed by atoms with Gasteiger partial charge in [0.25, 0.3) is 0 Å². The lowest BCUT2D eigenvalue weighted by Gasteiger charge is -2.37. The fraction of sp³-hybridized carbons (Fsp3) is 0.444. The number of nitrogens with one attached hydrogen (secondary N) is 1. The second kappa shape index (κ2) is 10.4. The zero-order valence-electron chi connectivity index (χ0n) is 20.0. The monoisotopic (exact) mass is 450 g/mol. The van der Waals surface area contributed by atoms with Crippen molar-refractivity contribution in [3.05, 3.63) is 59.4 Å². The minimum Gasteiger partial charge on any atom is -0.388 e. The summed E-state index contributed by atoms with van der Waals surface area (Å²) in [7, 11) is 4.03. The van der Waals surface area contributed by atoms with Gasteiger partial charge in [-0.2, -0.15) is 0 Å². The highest BCUT2D eigenvalue weighted by Crippen LogP contribution is 2.36. The number of allylic oxidation sites excluding steroid dienone is 1.